The van der Waals surface area contributed by atoms with Crippen molar-refractivity contribution in [1.29, 1.82) is 0 Å². The molecule has 0 aliphatic carbocycles. The minimum absolute atomic E-state index is 0.0864. The van der Waals surface area contributed by atoms with E-state index in [1.165, 1.54) is 6.07 Å². The molecule has 0 amide bonds. The summed E-state index contributed by atoms with van der Waals surface area (Å²) in [5.41, 5.74) is 0.808. The zero-order chi connectivity index (χ0) is 19.4. The summed E-state index contributed by atoms with van der Waals surface area (Å²) in [4.78, 5) is 41.0. The number of hydrogen-bond donors (Lipinski definition) is 1. The van der Waals surface area contributed by atoms with E-state index in [0.29, 0.717) is 31.0 Å². The molecule has 0 fully saturated rings. The van der Waals surface area contributed by atoms with Crippen molar-refractivity contribution < 1.29 is 9.26 Å². The molecule has 9 nitrogen and oxygen atoms in total. The summed E-state index contributed by atoms with van der Waals surface area (Å²) in [6.45, 7) is 4.62. The smallest absolute Gasteiger partial charge is 0.440 e. The number of aromatic nitrogens is 4. The molecule has 0 spiro atoms. The molecule has 9 heteroatoms. The summed E-state index contributed by atoms with van der Waals surface area (Å²) in [5, 5.41) is 0. The summed E-state index contributed by atoms with van der Waals surface area (Å²) >= 11 is 0. The fraction of sp³-hybridized carbons (Fsp3) is 0.333. The van der Waals surface area contributed by atoms with E-state index in [4.69, 9.17) is 9.26 Å². The predicted molar refractivity (Wildman–Crippen MR) is 97.2 cm³/mol. The average molecular weight is 372 g/mol. The van der Waals surface area contributed by atoms with Gasteiger partial charge in [-0.05, 0) is 24.6 Å². The van der Waals surface area contributed by atoms with Gasteiger partial charge < -0.3 is 9.26 Å². The molecule has 0 unspecified atom stereocenters. The Balaban J connectivity index is 1.61. The lowest BCUT2D eigenvalue weighted by atomic mass is 10.2. The second-order valence-electron chi connectivity index (χ2n) is 6.00. The molecule has 0 bridgehead atoms. The van der Waals surface area contributed by atoms with Crippen molar-refractivity contribution in [1.82, 2.24) is 19.3 Å². The van der Waals surface area contributed by atoms with E-state index < -0.39 is 11.4 Å². The van der Waals surface area contributed by atoms with Crippen molar-refractivity contribution in [3.8, 4) is 5.75 Å². The quantitative estimate of drug-likeness (QED) is 0.653. The fourth-order valence-electron chi connectivity index (χ4n) is 2.72. The van der Waals surface area contributed by atoms with Crippen LogP contribution in [0.1, 0.15) is 24.0 Å². The first kappa shape index (κ1) is 18.4. The lowest BCUT2D eigenvalue weighted by Crippen LogP contribution is -2.27. The van der Waals surface area contributed by atoms with Crippen LogP contribution in [0.2, 0.25) is 0 Å². The third-order valence-corrected chi connectivity index (χ3v) is 3.99. The molecule has 3 rings (SSSR count). The number of nitrogens with zero attached hydrogens (tertiary/aromatic N) is 3. The van der Waals surface area contributed by atoms with Gasteiger partial charge in [0.15, 0.2) is 0 Å². The van der Waals surface area contributed by atoms with Crippen LogP contribution in [0.25, 0.3) is 0 Å². The van der Waals surface area contributed by atoms with E-state index >= 15 is 0 Å². The molecule has 0 aliphatic rings. The zero-order valence-corrected chi connectivity index (χ0v) is 15.1. The first-order valence-corrected chi connectivity index (χ1v) is 8.56. The van der Waals surface area contributed by atoms with Gasteiger partial charge in [-0.15, -0.1) is 4.74 Å². The Morgan fingerprint density at radius 2 is 1.93 bits per heavy atom. The summed E-state index contributed by atoms with van der Waals surface area (Å²) in [6, 6.07) is 8.55. The number of ether oxygens (including phenoxy) is 1. The SMILES string of the molecule is CCc1nc(C)cc(=O)n1CCOc1ccc(Cn2oc(=O)[nH]c2=O)cc1. The fourth-order valence-corrected chi connectivity index (χ4v) is 2.72. The lowest BCUT2D eigenvalue weighted by Gasteiger charge is -2.12. The van der Waals surface area contributed by atoms with E-state index in [-0.39, 0.29) is 12.1 Å². The van der Waals surface area contributed by atoms with Gasteiger partial charge in [-0.2, -0.15) is 0 Å². The minimum Gasteiger partial charge on any atom is -0.492 e. The molecule has 0 saturated heterocycles. The number of benzene rings is 1. The summed E-state index contributed by atoms with van der Waals surface area (Å²) in [5.74, 6) is 0.581. The van der Waals surface area contributed by atoms with E-state index in [9.17, 15) is 14.4 Å². The van der Waals surface area contributed by atoms with E-state index in [0.717, 1.165) is 16.1 Å². The van der Waals surface area contributed by atoms with Crippen molar-refractivity contribution in [2.45, 2.75) is 33.4 Å². The monoisotopic (exact) mass is 372 g/mol. The van der Waals surface area contributed by atoms with Crippen LogP contribution in [-0.2, 0) is 19.5 Å². The van der Waals surface area contributed by atoms with Crippen molar-refractivity contribution in [2.75, 3.05) is 6.61 Å². The third kappa shape index (κ3) is 4.43. The minimum atomic E-state index is -0.785. The number of aryl methyl sites for hydroxylation is 2. The number of rotatable bonds is 7. The van der Waals surface area contributed by atoms with Crippen LogP contribution < -0.4 is 21.7 Å². The molecule has 2 heterocycles. The van der Waals surface area contributed by atoms with Gasteiger partial charge in [0.1, 0.15) is 18.2 Å². The molecule has 0 radical (unpaired) electrons. The predicted octanol–water partition coefficient (Wildman–Crippen LogP) is 0.684. The van der Waals surface area contributed by atoms with Gasteiger partial charge in [0.25, 0.3) is 5.56 Å². The molecule has 142 valence electrons. The normalized spacial score (nSPS) is 10.9. The molecule has 2 aromatic heterocycles. The maximum atomic E-state index is 12.1. The van der Waals surface area contributed by atoms with E-state index in [1.807, 2.05) is 11.9 Å². The Labute approximate surface area is 153 Å². The maximum Gasteiger partial charge on any atom is 0.440 e. The van der Waals surface area contributed by atoms with Gasteiger partial charge in [0, 0.05) is 18.2 Å². The molecule has 27 heavy (non-hydrogen) atoms. The van der Waals surface area contributed by atoms with Gasteiger partial charge in [0.2, 0.25) is 0 Å². The second kappa shape index (κ2) is 7.90. The van der Waals surface area contributed by atoms with Crippen LogP contribution in [0.4, 0.5) is 0 Å². The number of aromatic amines is 1. The Kier molecular flexibility index (Phi) is 5.39. The average Bonchev–Trinajstić information content (AvgIpc) is 2.95. The molecule has 1 aromatic carbocycles. The first-order valence-electron chi connectivity index (χ1n) is 8.56. The number of hydrogen-bond acceptors (Lipinski definition) is 6. The van der Waals surface area contributed by atoms with Crippen molar-refractivity contribution in [2.24, 2.45) is 0 Å². The van der Waals surface area contributed by atoms with Crippen LogP contribution in [0.5, 0.6) is 5.75 Å². The molecular formula is C18H20N4O5. The largest absolute Gasteiger partial charge is 0.492 e. The first-order chi connectivity index (χ1) is 13.0. The van der Waals surface area contributed by atoms with E-state index in [1.54, 1.807) is 35.8 Å². The summed E-state index contributed by atoms with van der Waals surface area (Å²) in [6.07, 6.45) is 0.667. The highest BCUT2D eigenvalue weighted by Gasteiger charge is 2.07. The molecule has 0 atom stereocenters. The van der Waals surface area contributed by atoms with E-state index in [2.05, 4.69) is 4.98 Å². The Hall–Kier alpha value is -3.36. The molecule has 1 N–H and O–H groups in total. The van der Waals surface area contributed by atoms with Gasteiger partial charge in [-0.25, -0.2) is 19.6 Å². The number of nitrogens with one attached hydrogen (secondary N) is 1. The molecule has 3 aromatic rings. The highest BCUT2D eigenvalue weighted by atomic mass is 16.5. The molecule has 0 aliphatic heterocycles. The van der Waals surface area contributed by atoms with Crippen LogP contribution in [-0.4, -0.2) is 25.9 Å². The third-order valence-electron chi connectivity index (χ3n) is 3.99. The summed E-state index contributed by atoms with van der Waals surface area (Å²) < 4.78 is 13.0. The van der Waals surface area contributed by atoms with Gasteiger partial charge in [-0.3, -0.25) is 9.36 Å². The van der Waals surface area contributed by atoms with Crippen LogP contribution >= 0.6 is 0 Å². The zero-order valence-electron chi connectivity index (χ0n) is 15.1. The Morgan fingerprint density at radius 3 is 2.56 bits per heavy atom. The number of H-pyrrole nitrogens is 1. The maximum absolute atomic E-state index is 12.1. The Bertz CT molecular complexity index is 1090. The second-order valence-corrected chi connectivity index (χ2v) is 6.00. The summed E-state index contributed by atoms with van der Waals surface area (Å²) in [7, 11) is 0. The standard InChI is InChI=1S/C18H20N4O5/c1-3-15-19-12(2)10-16(23)21(15)8-9-26-14-6-4-13(5-7-14)11-22-17(24)20-18(25)27-22/h4-7,10H,3,8-9,11H2,1-2H3,(H,20,24,25). The van der Waals surface area contributed by atoms with Gasteiger partial charge >= 0.3 is 11.4 Å². The highest BCUT2D eigenvalue weighted by molar-refractivity contribution is 5.27. The van der Waals surface area contributed by atoms with Crippen LogP contribution in [0.15, 0.2) is 49.2 Å². The lowest BCUT2D eigenvalue weighted by molar-refractivity contribution is 0.258. The Morgan fingerprint density at radius 1 is 1.19 bits per heavy atom. The van der Waals surface area contributed by atoms with Gasteiger partial charge in [0.05, 0.1) is 13.1 Å². The van der Waals surface area contributed by atoms with Crippen molar-refractivity contribution in [3.63, 3.8) is 0 Å². The highest BCUT2D eigenvalue weighted by Crippen LogP contribution is 2.13. The topological polar surface area (TPSA) is 112 Å². The van der Waals surface area contributed by atoms with Crippen LogP contribution in [0.3, 0.4) is 0 Å². The van der Waals surface area contributed by atoms with Crippen LogP contribution in [0, 0.1) is 6.92 Å². The molecular weight excluding hydrogens is 352 g/mol. The van der Waals surface area contributed by atoms with Crippen molar-refractivity contribution >= 4 is 0 Å². The molecule has 0 saturated carbocycles. The van der Waals surface area contributed by atoms with Crippen molar-refractivity contribution in [3.05, 3.63) is 78.8 Å². The van der Waals surface area contributed by atoms with Gasteiger partial charge in [-0.1, -0.05) is 19.1 Å².